The molecule has 0 fully saturated rings. The number of aryl methyl sites for hydroxylation is 2. The van der Waals surface area contributed by atoms with Crippen molar-refractivity contribution in [2.45, 2.75) is 33.8 Å². The first-order valence-corrected chi connectivity index (χ1v) is 12.0. The van der Waals surface area contributed by atoms with E-state index < -0.39 is 0 Å². The van der Waals surface area contributed by atoms with E-state index in [-0.39, 0.29) is 16.9 Å². The Labute approximate surface area is 183 Å². The third kappa shape index (κ3) is 4.90. The van der Waals surface area contributed by atoms with Gasteiger partial charge in [0, 0.05) is 20.4 Å². The summed E-state index contributed by atoms with van der Waals surface area (Å²) in [6.45, 7) is 3.83. The van der Waals surface area contributed by atoms with Gasteiger partial charge in [0.2, 0.25) is 0 Å². The molecule has 1 atom stereocenters. The lowest BCUT2D eigenvalue weighted by molar-refractivity contribution is 0.615. The van der Waals surface area contributed by atoms with Crippen molar-refractivity contribution in [2.24, 2.45) is 0 Å². The van der Waals surface area contributed by atoms with Gasteiger partial charge in [-0.15, -0.1) is 23.5 Å². The van der Waals surface area contributed by atoms with Crippen LogP contribution in [-0.4, -0.2) is 5.75 Å². The van der Waals surface area contributed by atoms with Crippen molar-refractivity contribution in [1.82, 2.24) is 0 Å². The van der Waals surface area contributed by atoms with E-state index in [4.69, 9.17) is 0 Å². The average Bonchev–Trinajstić information content (AvgIpc) is 2.71. The second kappa shape index (κ2) is 8.99. The van der Waals surface area contributed by atoms with E-state index in [0.29, 0.717) is 5.56 Å². The van der Waals surface area contributed by atoms with Crippen molar-refractivity contribution >= 4 is 35.3 Å². The molecule has 4 rings (SSSR count). The SMILES string of the molecule is Cc1ccc(SC2C(=CSc3ccc(C)c(F)c3)CSc3ccc(F)cc32)cc1. The zero-order valence-electron chi connectivity index (χ0n) is 16.1. The Morgan fingerprint density at radius 2 is 1.69 bits per heavy atom. The maximum Gasteiger partial charge on any atom is 0.127 e. The average molecular weight is 443 g/mol. The Hall–Kier alpha value is -1.69. The van der Waals surface area contributed by atoms with Crippen LogP contribution in [0.25, 0.3) is 0 Å². The molecule has 1 aliphatic heterocycles. The standard InChI is InChI=1S/C24H20F2S3/c1-15-3-7-19(8-4-15)29-24-17(13-27-20-9-5-16(2)22(26)12-20)14-28-23-10-6-18(25)11-21(23)24/h3-13,24H,14H2,1-2H3. The van der Waals surface area contributed by atoms with Crippen LogP contribution >= 0.6 is 35.3 Å². The molecule has 5 heteroatoms. The quantitative estimate of drug-likeness (QED) is 0.374. The van der Waals surface area contributed by atoms with Crippen LogP contribution in [0.4, 0.5) is 8.78 Å². The molecular formula is C24H20F2S3. The summed E-state index contributed by atoms with van der Waals surface area (Å²) in [5, 5.41) is 2.14. The minimum Gasteiger partial charge on any atom is -0.207 e. The summed E-state index contributed by atoms with van der Waals surface area (Å²) in [6.07, 6.45) is 0. The lowest BCUT2D eigenvalue weighted by atomic mass is 10.1. The molecule has 3 aromatic rings. The van der Waals surface area contributed by atoms with Crippen molar-refractivity contribution in [1.29, 1.82) is 0 Å². The largest absolute Gasteiger partial charge is 0.207 e. The first kappa shape index (κ1) is 20.6. The second-order valence-corrected chi connectivity index (χ2v) is 10.1. The molecule has 0 aliphatic carbocycles. The van der Waals surface area contributed by atoms with Crippen LogP contribution in [0, 0.1) is 25.5 Å². The molecule has 0 bridgehead atoms. The van der Waals surface area contributed by atoms with E-state index in [9.17, 15) is 8.78 Å². The molecule has 0 spiro atoms. The van der Waals surface area contributed by atoms with E-state index in [1.807, 2.05) is 12.1 Å². The van der Waals surface area contributed by atoms with Crippen molar-refractivity contribution in [3.05, 3.63) is 100.0 Å². The fraction of sp³-hybridized carbons (Fsp3) is 0.167. The van der Waals surface area contributed by atoms with Crippen molar-refractivity contribution in [3.63, 3.8) is 0 Å². The fourth-order valence-corrected chi connectivity index (χ4v) is 6.54. The van der Waals surface area contributed by atoms with Gasteiger partial charge in [0.05, 0.1) is 5.25 Å². The summed E-state index contributed by atoms with van der Waals surface area (Å²) < 4.78 is 27.9. The van der Waals surface area contributed by atoms with E-state index in [0.717, 1.165) is 26.0 Å². The highest BCUT2D eigenvalue weighted by Gasteiger charge is 2.26. The number of thioether (sulfide) groups is 3. The first-order valence-electron chi connectivity index (χ1n) is 9.27. The number of hydrogen-bond acceptors (Lipinski definition) is 3. The van der Waals surface area contributed by atoms with Gasteiger partial charge < -0.3 is 0 Å². The van der Waals surface area contributed by atoms with Gasteiger partial charge in [0.15, 0.2) is 0 Å². The van der Waals surface area contributed by atoms with E-state index in [1.54, 1.807) is 48.6 Å². The molecule has 1 heterocycles. The molecule has 1 aliphatic rings. The molecule has 0 nitrogen and oxygen atoms in total. The maximum atomic E-state index is 14.0. The molecule has 0 aromatic heterocycles. The molecule has 0 radical (unpaired) electrons. The van der Waals surface area contributed by atoms with Crippen LogP contribution < -0.4 is 0 Å². The Bertz CT molecular complexity index is 1060. The van der Waals surface area contributed by atoms with Crippen LogP contribution in [0.1, 0.15) is 21.9 Å². The Balaban J connectivity index is 1.67. The highest BCUT2D eigenvalue weighted by Crippen LogP contribution is 2.50. The third-order valence-electron chi connectivity index (χ3n) is 4.75. The molecule has 1 unspecified atom stereocenters. The van der Waals surface area contributed by atoms with Crippen LogP contribution in [-0.2, 0) is 0 Å². The topological polar surface area (TPSA) is 0 Å². The fourth-order valence-electron chi connectivity index (χ4n) is 3.07. The lowest BCUT2D eigenvalue weighted by Crippen LogP contribution is -2.08. The highest BCUT2D eigenvalue weighted by atomic mass is 32.2. The molecular weight excluding hydrogens is 422 g/mol. The normalized spacial score (nSPS) is 17.4. The van der Waals surface area contributed by atoms with Gasteiger partial charge in [-0.2, -0.15) is 0 Å². The summed E-state index contributed by atoms with van der Waals surface area (Å²) in [7, 11) is 0. The van der Waals surface area contributed by atoms with E-state index in [1.165, 1.54) is 29.0 Å². The monoisotopic (exact) mass is 442 g/mol. The Morgan fingerprint density at radius 1 is 0.931 bits per heavy atom. The smallest absolute Gasteiger partial charge is 0.127 e. The van der Waals surface area contributed by atoms with E-state index >= 15 is 0 Å². The van der Waals surface area contributed by atoms with Crippen LogP contribution in [0.5, 0.6) is 0 Å². The minimum atomic E-state index is -0.214. The Morgan fingerprint density at radius 3 is 2.45 bits per heavy atom. The molecule has 29 heavy (non-hydrogen) atoms. The molecule has 0 N–H and O–H groups in total. The lowest BCUT2D eigenvalue weighted by Gasteiger charge is -2.28. The summed E-state index contributed by atoms with van der Waals surface area (Å²) in [6, 6.07) is 18.8. The number of fused-ring (bicyclic) bond motifs is 1. The van der Waals surface area contributed by atoms with Crippen molar-refractivity contribution < 1.29 is 8.78 Å². The van der Waals surface area contributed by atoms with Crippen molar-refractivity contribution in [3.8, 4) is 0 Å². The summed E-state index contributed by atoms with van der Waals surface area (Å²) >= 11 is 4.99. The van der Waals surface area contributed by atoms with Gasteiger partial charge in [0.25, 0.3) is 0 Å². The summed E-state index contributed by atoms with van der Waals surface area (Å²) in [5.74, 6) is 0.432. The second-order valence-electron chi connectivity index (χ2n) is 7.00. The van der Waals surface area contributed by atoms with Gasteiger partial charge in [0.1, 0.15) is 11.6 Å². The van der Waals surface area contributed by atoms with Crippen molar-refractivity contribution in [2.75, 3.05) is 5.75 Å². The first-order chi connectivity index (χ1) is 14.0. The minimum absolute atomic E-state index is 0.0347. The van der Waals surface area contributed by atoms with Gasteiger partial charge in [-0.3, -0.25) is 0 Å². The Kier molecular flexibility index (Phi) is 6.38. The summed E-state index contributed by atoms with van der Waals surface area (Å²) in [4.78, 5) is 3.15. The molecule has 3 aromatic carbocycles. The van der Waals surface area contributed by atoms with E-state index in [2.05, 4.69) is 36.6 Å². The zero-order chi connectivity index (χ0) is 20.4. The molecule has 0 amide bonds. The predicted molar refractivity (Wildman–Crippen MR) is 122 cm³/mol. The van der Waals surface area contributed by atoms with Gasteiger partial charge in [-0.05, 0) is 78.4 Å². The third-order valence-corrected chi connectivity index (χ3v) is 8.19. The van der Waals surface area contributed by atoms with Crippen LogP contribution in [0.15, 0.2) is 86.3 Å². The zero-order valence-corrected chi connectivity index (χ0v) is 18.6. The van der Waals surface area contributed by atoms with Gasteiger partial charge >= 0.3 is 0 Å². The molecule has 148 valence electrons. The maximum absolute atomic E-state index is 14.0. The van der Waals surface area contributed by atoms with Crippen LogP contribution in [0.3, 0.4) is 0 Å². The number of rotatable bonds is 4. The number of hydrogen-bond donors (Lipinski definition) is 0. The number of halogens is 2. The molecule has 0 saturated carbocycles. The number of benzene rings is 3. The summed E-state index contributed by atoms with van der Waals surface area (Å²) in [5.41, 5.74) is 4.08. The van der Waals surface area contributed by atoms with Crippen LogP contribution in [0.2, 0.25) is 0 Å². The molecule has 0 saturated heterocycles. The predicted octanol–water partition coefficient (Wildman–Crippen LogP) is 8.20. The highest BCUT2D eigenvalue weighted by molar-refractivity contribution is 8.03. The van der Waals surface area contributed by atoms with Gasteiger partial charge in [-0.25, -0.2) is 8.78 Å². The van der Waals surface area contributed by atoms with Gasteiger partial charge in [-0.1, -0.05) is 35.5 Å².